The van der Waals surface area contributed by atoms with Gasteiger partial charge in [-0.15, -0.1) is 0 Å². The minimum atomic E-state index is -0.158. The van der Waals surface area contributed by atoms with Crippen molar-refractivity contribution in [1.82, 2.24) is 4.98 Å². The van der Waals surface area contributed by atoms with Gasteiger partial charge in [-0.25, -0.2) is 0 Å². The van der Waals surface area contributed by atoms with E-state index in [0.717, 1.165) is 11.1 Å². The third-order valence-electron chi connectivity index (χ3n) is 2.55. The van der Waals surface area contributed by atoms with Gasteiger partial charge in [-0.1, -0.05) is 41.7 Å². The molecule has 1 aromatic carbocycles. The van der Waals surface area contributed by atoms with Crippen LogP contribution in [-0.4, -0.2) is 16.7 Å². The van der Waals surface area contributed by atoms with Crippen LogP contribution in [0.2, 0.25) is 0 Å². The van der Waals surface area contributed by atoms with E-state index in [-0.39, 0.29) is 6.61 Å². The molecule has 1 heterocycles. The molecule has 3 nitrogen and oxygen atoms in total. The third kappa shape index (κ3) is 4.13. The van der Waals surface area contributed by atoms with Crippen molar-refractivity contribution in [3.63, 3.8) is 0 Å². The minimum absolute atomic E-state index is 0.158. The summed E-state index contributed by atoms with van der Waals surface area (Å²) < 4.78 is 5.66. The fraction of sp³-hybridized carbons (Fsp3) is 0.188. The predicted molar refractivity (Wildman–Crippen MR) is 73.7 cm³/mol. The molecule has 0 unspecified atom stereocenters. The van der Waals surface area contributed by atoms with E-state index in [1.165, 1.54) is 5.56 Å². The molecular weight excluding hydrogens is 238 g/mol. The number of nitrogens with zero attached hydrogens (tertiary/aromatic N) is 1. The highest BCUT2D eigenvalue weighted by atomic mass is 16.5. The van der Waals surface area contributed by atoms with Gasteiger partial charge in [0.25, 0.3) is 0 Å². The summed E-state index contributed by atoms with van der Waals surface area (Å²) in [7, 11) is 0. The zero-order chi connectivity index (χ0) is 13.5. The largest absolute Gasteiger partial charge is 0.487 e. The number of aromatic nitrogens is 1. The highest BCUT2D eigenvalue weighted by molar-refractivity contribution is 5.36. The van der Waals surface area contributed by atoms with Crippen molar-refractivity contribution < 1.29 is 9.84 Å². The summed E-state index contributed by atoms with van der Waals surface area (Å²) in [6.45, 7) is 2.39. The predicted octanol–water partition coefficient (Wildman–Crippen LogP) is 2.31. The Bertz CT molecular complexity index is 594. The van der Waals surface area contributed by atoms with Gasteiger partial charge in [0.1, 0.15) is 19.0 Å². The van der Waals surface area contributed by atoms with E-state index >= 15 is 0 Å². The first-order valence-corrected chi connectivity index (χ1v) is 6.01. The zero-order valence-electron chi connectivity index (χ0n) is 10.8. The number of pyridine rings is 1. The molecule has 3 heteroatoms. The molecule has 1 aromatic heterocycles. The zero-order valence-corrected chi connectivity index (χ0v) is 10.8. The van der Waals surface area contributed by atoms with Crippen LogP contribution in [0, 0.1) is 18.8 Å². The third-order valence-corrected chi connectivity index (χ3v) is 2.55. The van der Waals surface area contributed by atoms with Crippen LogP contribution in [-0.2, 0) is 6.61 Å². The van der Waals surface area contributed by atoms with E-state index in [1.54, 1.807) is 12.4 Å². The van der Waals surface area contributed by atoms with Gasteiger partial charge in [0.2, 0.25) is 0 Å². The molecule has 0 radical (unpaired) electrons. The minimum Gasteiger partial charge on any atom is -0.487 e. The van der Waals surface area contributed by atoms with Crippen LogP contribution < -0.4 is 4.74 Å². The van der Waals surface area contributed by atoms with Crippen LogP contribution in [0.4, 0.5) is 0 Å². The molecule has 0 aliphatic rings. The Kier molecular flexibility index (Phi) is 4.54. The highest BCUT2D eigenvalue weighted by Gasteiger charge is 1.97. The maximum atomic E-state index is 8.65. The number of aryl methyl sites for hydroxylation is 1. The van der Waals surface area contributed by atoms with Gasteiger partial charge in [-0.05, 0) is 18.6 Å². The lowest BCUT2D eigenvalue weighted by Crippen LogP contribution is -1.96. The van der Waals surface area contributed by atoms with Crippen LogP contribution in [0.15, 0.2) is 42.7 Å². The summed E-state index contributed by atoms with van der Waals surface area (Å²) >= 11 is 0. The first-order chi connectivity index (χ1) is 9.28. The molecule has 0 atom stereocenters. The number of aliphatic hydroxyl groups excluding tert-OH is 1. The Morgan fingerprint density at radius 1 is 1.21 bits per heavy atom. The van der Waals surface area contributed by atoms with Gasteiger partial charge in [0.15, 0.2) is 0 Å². The molecule has 0 saturated heterocycles. The molecule has 0 saturated carbocycles. The standard InChI is InChI=1S/C16H15NO2/c1-13-4-6-14(7-5-13)12-19-16-9-15(3-2-8-18)10-17-11-16/h4-7,9-11,18H,8,12H2,1H3. The van der Waals surface area contributed by atoms with Crippen molar-refractivity contribution in [1.29, 1.82) is 0 Å². The molecule has 1 N–H and O–H groups in total. The van der Waals surface area contributed by atoms with Crippen molar-refractivity contribution >= 4 is 0 Å². The second-order valence-corrected chi connectivity index (χ2v) is 4.14. The number of hydrogen-bond donors (Lipinski definition) is 1. The van der Waals surface area contributed by atoms with E-state index in [4.69, 9.17) is 9.84 Å². The Hall–Kier alpha value is -2.31. The summed E-state index contributed by atoms with van der Waals surface area (Å²) in [6.07, 6.45) is 3.29. The quantitative estimate of drug-likeness (QED) is 0.854. The van der Waals surface area contributed by atoms with Crippen molar-refractivity contribution in [2.45, 2.75) is 13.5 Å². The van der Waals surface area contributed by atoms with Gasteiger partial charge < -0.3 is 9.84 Å². The molecule has 0 aliphatic heterocycles. The van der Waals surface area contributed by atoms with Gasteiger partial charge in [-0.3, -0.25) is 4.98 Å². The van der Waals surface area contributed by atoms with Crippen molar-refractivity contribution in [2.75, 3.05) is 6.61 Å². The summed E-state index contributed by atoms with van der Waals surface area (Å²) in [4.78, 5) is 4.05. The van der Waals surface area contributed by atoms with E-state index in [1.807, 2.05) is 18.2 Å². The lowest BCUT2D eigenvalue weighted by atomic mass is 10.2. The Morgan fingerprint density at radius 3 is 2.74 bits per heavy atom. The number of ether oxygens (including phenoxy) is 1. The maximum Gasteiger partial charge on any atom is 0.139 e. The first kappa shape index (κ1) is 13.1. The molecular formula is C16H15NO2. The van der Waals surface area contributed by atoms with Crippen molar-refractivity contribution in [3.8, 4) is 17.6 Å². The number of rotatable bonds is 3. The smallest absolute Gasteiger partial charge is 0.139 e. The van der Waals surface area contributed by atoms with Gasteiger partial charge in [-0.2, -0.15) is 0 Å². The first-order valence-electron chi connectivity index (χ1n) is 6.01. The second-order valence-electron chi connectivity index (χ2n) is 4.14. The van der Waals surface area contributed by atoms with E-state index in [0.29, 0.717) is 12.4 Å². The molecule has 2 aromatic rings. The number of aliphatic hydroxyl groups is 1. The SMILES string of the molecule is Cc1ccc(COc2cncc(C#CCO)c2)cc1. The van der Waals surface area contributed by atoms with Crippen LogP contribution in [0.3, 0.4) is 0 Å². The number of hydrogen-bond acceptors (Lipinski definition) is 3. The van der Waals surface area contributed by atoms with Gasteiger partial charge in [0.05, 0.1) is 6.20 Å². The fourth-order valence-electron chi connectivity index (χ4n) is 1.56. The molecule has 0 bridgehead atoms. The second kappa shape index (κ2) is 6.58. The molecule has 0 spiro atoms. The van der Waals surface area contributed by atoms with E-state index in [2.05, 4.69) is 35.9 Å². The molecule has 0 aliphatic carbocycles. The average Bonchev–Trinajstić information content (AvgIpc) is 2.45. The fourth-order valence-corrected chi connectivity index (χ4v) is 1.56. The average molecular weight is 253 g/mol. The summed E-state index contributed by atoms with van der Waals surface area (Å²) in [5, 5.41) is 8.65. The number of benzene rings is 1. The Balaban J connectivity index is 2.01. The van der Waals surface area contributed by atoms with Crippen LogP contribution >= 0.6 is 0 Å². The van der Waals surface area contributed by atoms with Crippen LogP contribution in [0.25, 0.3) is 0 Å². The topological polar surface area (TPSA) is 42.4 Å². The Morgan fingerprint density at radius 2 is 2.00 bits per heavy atom. The van der Waals surface area contributed by atoms with E-state index in [9.17, 15) is 0 Å². The van der Waals surface area contributed by atoms with Gasteiger partial charge in [0, 0.05) is 11.8 Å². The van der Waals surface area contributed by atoms with Gasteiger partial charge >= 0.3 is 0 Å². The van der Waals surface area contributed by atoms with Crippen molar-refractivity contribution in [2.24, 2.45) is 0 Å². The summed E-state index contributed by atoms with van der Waals surface area (Å²) in [6, 6.07) is 10.0. The van der Waals surface area contributed by atoms with Crippen molar-refractivity contribution in [3.05, 3.63) is 59.4 Å². The highest BCUT2D eigenvalue weighted by Crippen LogP contribution is 2.13. The summed E-state index contributed by atoms with van der Waals surface area (Å²) in [5.74, 6) is 6.05. The molecule has 0 amide bonds. The maximum absolute atomic E-state index is 8.65. The van der Waals surface area contributed by atoms with E-state index < -0.39 is 0 Å². The molecule has 0 fully saturated rings. The monoisotopic (exact) mass is 253 g/mol. The van der Waals surface area contributed by atoms with Crippen LogP contribution in [0.1, 0.15) is 16.7 Å². The Labute approximate surface area is 112 Å². The lowest BCUT2D eigenvalue weighted by Gasteiger charge is -2.06. The molecule has 96 valence electrons. The molecule has 2 rings (SSSR count). The molecule has 19 heavy (non-hydrogen) atoms. The lowest BCUT2D eigenvalue weighted by molar-refractivity contribution is 0.305. The van der Waals surface area contributed by atoms with Crippen LogP contribution in [0.5, 0.6) is 5.75 Å². The summed E-state index contributed by atoms with van der Waals surface area (Å²) in [5.41, 5.74) is 3.07. The normalized spacial score (nSPS) is 9.58.